The Labute approximate surface area is 287 Å². The topological polar surface area (TPSA) is 139 Å². The molecule has 258 valence electrons. The number of ketones is 2. The summed E-state index contributed by atoms with van der Waals surface area (Å²) in [6.45, 7) is 4.16. The minimum atomic E-state index is -1.63. The molecule has 2 aromatic carbocycles. The fourth-order valence-electron chi connectivity index (χ4n) is 5.66. The van der Waals surface area contributed by atoms with Gasteiger partial charge in [-0.2, -0.15) is 0 Å². The molecule has 0 bridgehead atoms. The molecule has 2 heterocycles. The highest BCUT2D eigenvalue weighted by molar-refractivity contribution is 6.13. The first kappa shape index (κ1) is 36.9. The first-order chi connectivity index (χ1) is 23.7. The molecule has 4 rings (SSSR count). The summed E-state index contributed by atoms with van der Waals surface area (Å²) in [6.07, 6.45) is 3.02. The molecule has 0 atom stereocenters. The number of nitrogens with one attached hydrogen (secondary N) is 1. The van der Waals surface area contributed by atoms with Gasteiger partial charge in [0.15, 0.2) is 11.2 Å². The predicted molar refractivity (Wildman–Crippen MR) is 182 cm³/mol. The molecule has 0 saturated heterocycles. The lowest BCUT2D eigenvalue weighted by Gasteiger charge is -2.31. The van der Waals surface area contributed by atoms with E-state index >= 15 is 0 Å². The van der Waals surface area contributed by atoms with Crippen LogP contribution in [0.2, 0.25) is 0 Å². The quantitative estimate of drug-likeness (QED) is 0.104. The molecule has 0 fully saturated rings. The van der Waals surface area contributed by atoms with Gasteiger partial charge < -0.3 is 19.7 Å². The molecule has 0 radical (unpaired) electrons. The van der Waals surface area contributed by atoms with Crippen LogP contribution in [0.25, 0.3) is 0 Å². The zero-order valence-electron chi connectivity index (χ0n) is 28.1. The number of ether oxygens (including phenoxy) is 2. The third-order valence-corrected chi connectivity index (χ3v) is 8.47. The predicted octanol–water partition coefficient (Wildman–Crippen LogP) is 3.51. The molecule has 11 nitrogen and oxygen atoms in total. The van der Waals surface area contributed by atoms with Gasteiger partial charge in [0.05, 0.1) is 25.4 Å². The van der Waals surface area contributed by atoms with Crippen LogP contribution in [-0.2, 0) is 44.8 Å². The summed E-state index contributed by atoms with van der Waals surface area (Å²) < 4.78 is 11.3. The largest absolute Gasteiger partial charge is 0.380 e. The third-order valence-electron chi connectivity index (χ3n) is 8.47. The number of imide groups is 1. The number of nitrogens with zero attached hydrogens (tertiary/aromatic N) is 2. The Morgan fingerprint density at radius 1 is 0.796 bits per heavy atom. The highest BCUT2D eigenvalue weighted by Gasteiger charge is 2.46. The van der Waals surface area contributed by atoms with E-state index in [2.05, 4.69) is 17.2 Å². The summed E-state index contributed by atoms with van der Waals surface area (Å²) in [5.41, 5.74) is 1.58. The van der Waals surface area contributed by atoms with Crippen molar-refractivity contribution in [1.29, 1.82) is 0 Å². The molecular formula is C38H43N3O8. The van der Waals surface area contributed by atoms with Gasteiger partial charge in [0, 0.05) is 75.3 Å². The maximum absolute atomic E-state index is 13.9. The summed E-state index contributed by atoms with van der Waals surface area (Å²) in [4.78, 5) is 79.7. The first-order valence-electron chi connectivity index (χ1n) is 16.7. The SMILES string of the molecule is CCOCC(COCC)(C(=O)CCCC(=O)N1Cc2ccccc2C#Cc2ccccc21)C(=O)NCCCC(=O)CCN1C(=O)C=CC1=O. The van der Waals surface area contributed by atoms with Crippen molar-refractivity contribution in [3.8, 4) is 11.8 Å². The molecule has 49 heavy (non-hydrogen) atoms. The summed E-state index contributed by atoms with van der Waals surface area (Å²) in [6, 6.07) is 15.2. The lowest BCUT2D eigenvalue weighted by molar-refractivity contribution is -0.152. The maximum Gasteiger partial charge on any atom is 0.253 e. The molecule has 2 aliphatic heterocycles. The van der Waals surface area contributed by atoms with Gasteiger partial charge in [0.25, 0.3) is 11.8 Å². The summed E-state index contributed by atoms with van der Waals surface area (Å²) >= 11 is 0. The number of para-hydroxylation sites is 1. The molecule has 0 unspecified atom stereocenters. The highest BCUT2D eigenvalue weighted by Crippen LogP contribution is 2.28. The van der Waals surface area contributed by atoms with Crippen molar-refractivity contribution in [2.24, 2.45) is 5.41 Å². The number of Topliss-reactive ketones (excluding diaryl/α,β-unsaturated/α-hetero) is 2. The van der Waals surface area contributed by atoms with Crippen LogP contribution in [0.1, 0.15) is 69.1 Å². The van der Waals surface area contributed by atoms with Crippen molar-refractivity contribution in [2.45, 2.75) is 58.9 Å². The van der Waals surface area contributed by atoms with Gasteiger partial charge >= 0.3 is 0 Å². The highest BCUT2D eigenvalue weighted by atomic mass is 16.5. The number of hydrogen-bond donors (Lipinski definition) is 1. The standard InChI is InChI=1S/C38H43N3O8/c1-3-48-26-38(27-49-4-2,37(47)39-23-10-14-31(42)22-24-40-35(45)20-21-36(40)46)33(43)16-9-17-34(44)41-25-30-13-6-5-11-28(30)18-19-29-12-7-8-15-32(29)41/h5-8,11-13,15,20-21H,3-4,9-10,14,16-17,22-27H2,1-2H3,(H,39,47). The monoisotopic (exact) mass is 669 g/mol. The van der Waals surface area contributed by atoms with E-state index in [0.717, 1.165) is 21.6 Å². The molecular weight excluding hydrogens is 626 g/mol. The second-order valence-electron chi connectivity index (χ2n) is 11.8. The van der Waals surface area contributed by atoms with Crippen LogP contribution in [0.4, 0.5) is 5.69 Å². The number of rotatable bonds is 19. The molecule has 2 aromatic rings. The first-order valence-corrected chi connectivity index (χ1v) is 16.7. The number of amides is 4. The Balaban J connectivity index is 1.36. The minimum Gasteiger partial charge on any atom is -0.380 e. The fourth-order valence-corrected chi connectivity index (χ4v) is 5.66. The molecule has 1 N–H and O–H groups in total. The van der Waals surface area contributed by atoms with E-state index < -0.39 is 28.9 Å². The van der Waals surface area contributed by atoms with Crippen molar-refractivity contribution in [3.05, 3.63) is 77.4 Å². The van der Waals surface area contributed by atoms with E-state index in [4.69, 9.17) is 9.47 Å². The van der Waals surface area contributed by atoms with Crippen molar-refractivity contribution >= 4 is 40.9 Å². The van der Waals surface area contributed by atoms with E-state index in [-0.39, 0.29) is 83.3 Å². The average Bonchev–Trinajstić information content (AvgIpc) is 3.42. The summed E-state index contributed by atoms with van der Waals surface area (Å²) in [5, 5.41) is 2.78. The number of anilines is 1. The number of carbonyl (C=O) groups excluding carboxylic acids is 6. The molecule has 11 heteroatoms. The molecule has 0 aliphatic carbocycles. The number of benzene rings is 2. The second kappa shape index (κ2) is 18.0. The van der Waals surface area contributed by atoms with Crippen molar-refractivity contribution < 1.29 is 38.2 Å². The Kier molecular flexibility index (Phi) is 13.6. The Hall–Kier alpha value is -4.92. The van der Waals surface area contributed by atoms with Gasteiger partial charge in [0.2, 0.25) is 11.8 Å². The Bertz CT molecular complexity index is 1630. The second-order valence-corrected chi connectivity index (χ2v) is 11.8. The van der Waals surface area contributed by atoms with Crippen LogP contribution in [0, 0.1) is 17.3 Å². The zero-order valence-corrected chi connectivity index (χ0v) is 28.1. The molecule has 2 aliphatic rings. The molecule has 0 aromatic heterocycles. The Morgan fingerprint density at radius 3 is 2.12 bits per heavy atom. The number of hydrogen-bond acceptors (Lipinski definition) is 8. The van der Waals surface area contributed by atoms with Gasteiger partial charge in [-0.25, -0.2) is 0 Å². The van der Waals surface area contributed by atoms with Crippen molar-refractivity contribution in [1.82, 2.24) is 10.2 Å². The van der Waals surface area contributed by atoms with E-state index in [0.29, 0.717) is 18.7 Å². The fraction of sp³-hybridized carbons (Fsp3) is 0.421. The van der Waals surface area contributed by atoms with Gasteiger partial charge in [-0.1, -0.05) is 42.2 Å². The Morgan fingerprint density at radius 2 is 1.43 bits per heavy atom. The summed E-state index contributed by atoms with van der Waals surface area (Å²) in [5.74, 6) is 4.22. The summed E-state index contributed by atoms with van der Waals surface area (Å²) in [7, 11) is 0. The van der Waals surface area contributed by atoms with Crippen LogP contribution in [-0.4, -0.2) is 79.6 Å². The van der Waals surface area contributed by atoms with Crippen LogP contribution in [0.3, 0.4) is 0 Å². The smallest absolute Gasteiger partial charge is 0.253 e. The number of carbonyl (C=O) groups is 6. The van der Waals surface area contributed by atoms with Gasteiger partial charge in [0.1, 0.15) is 5.78 Å². The van der Waals surface area contributed by atoms with Crippen LogP contribution in [0.5, 0.6) is 0 Å². The average molecular weight is 670 g/mol. The van der Waals surface area contributed by atoms with E-state index in [1.54, 1.807) is 18.7 Å². The van der Waals surface area contributed by atoms with Crippen molar-refractivity contribution in [2.75, 3.05) is 44.4 Å². The number of fused-ring (bicyclic) bond motifs is 2. The lowest BCUT2D eigenvalue weighted by atomic mass is 9.81. The van der Waals surface area contributed by atoms with E-state index in [1.165, 1.54) is 12.2 Å². The molecule has 4 amide bonds. The molecule has 0 spiro atoms. The molecule has 0 saturated carbocycles. The normalized spacial score (nSPS) is 13.6. The van der Waals surface area contributed by atoms with Crippen LogP contribution in [0.15, 0.2) is 60.7 Å². The maximum atomic E-state index is 13.9. The van der Waals surface area contributed by atoms with Gasteiger partial charge in [-0.3, -0.25) is 33.7 Å². The van der Waals surface area contributed by atoms with Crippen LogP contribution < -0.4 is 10.2 Å². The van der Waals surface area contributed by atoms with Gasteiger partial charge in [-0.15, -0.1) is 0 Å². The van der Waals surface area contributed by atoms with E-state index in [1.807, 2.05) is 48.5 Å². The minimum absolute atomic E-state index is 0.00431. The van der Waals surface area contributed by atoms with Crippen molar-refractivity contribution in [3.63, 3.8) is 0 Å². The van der Waals surface area contributed by atoms with Gasteiger partial charge in [-0.05, 0) is 50.5 Å². The third kappa shape index (κ3) is 9.59. The van der Waals surface area contributed by atoms with E-state index in [9.17, 15) is 28.8 Å². The van der Waals surface area contributed by atoms with Crippen LogP contribution >= 0.6 is 0 Å². The zero-order chi connectivity index (χ0) is 35.2. The lowest BCUT2D eigenvalue weighted by Crippen LogP contribution is -2.53.